The molecule has 0 saturated heterocycles. The van der Waals surface area contributed by atoms with Crippen LogP contribution < -0.4 is 5.32 Å². The second kappa shape index (κ2) is 5.60. The molecule has 1 amide bonds. The number of hydrogen-bond acceptors (Lipinski definition) is 4. The highest BCUT2D eigenvalue weighted by atomic mass is 32.1. The lowest BCUT2D eigenvalue weighted by Gasteiger charge is -2.13. The fraction of sp³-hybridized carbons (Fsp3) is 0.263. The van der Waals surface area contributed by atoms with E-state index in [1.807, 2.05) is 48.7 Å². The van der Waals surface area contributed by atoms with Gasteiger partial charge in [-0.3, -0.25) is 4.79 Å². The van der Waals surface area contributed by atoms with Crippen LogP contribution >= 0.6 is 11.3 Å². The van der Waals surface area contributed by atoms with Crippen molar-refractivity contribution in [3.05, 3.63) is 58.6 Å². The monoisotopic (exact) mass is 338 g/mol. The van der Waals surface area contributed by atoms with Gasteiger partial charge in [-0.2, -0.15) is 0 Å². The van der Waals surface area contributed by atoms with Crippen LogP contribution in [0.1, 0.15) is 29.7 Å². The Balaban J connectivity index is 1.56. The number of aryl methyl sites for hydroxylation is 2. The minimum Gasteiger partial charge on any atom is -0.355 e. The summed E-state index contributed by atoms with van der Waals surface area (Å²) in [5, 5.41) is 9.21. The van der Waals surface area contributed by atoms with Crippen LogP contribution in [-0.2, 0) is 10.2 Å². The van der Waals surface area contributed by atoms with Gasteiger partial charge in [-0.1, -0.05) is 17.3 Å². The van der Waals surface area contributed by atoms with E-state index < -0.39 is 5.41 Å². The average Bonchev–Trinajstić information content (AvgIpc) is 3.00. The molecule has 0 unspecified atom stereocenters. The third kappa shape index (κ3) is 2.55. The number of hydrogen-bond donors (Lipinski definition) is 1. The summed E-state index contributed by atoms with van der Waals surface area (Å²) in [5.74, 6) is 0.724. The zero-order valence-electron chi connectivity index (χ0n) is 13.6. The van der Waals surface area contributed by atoms with Gasteiger partial charge in [0.2, 0.25) is 5.91 Å². The third-order valence-corrected chi connectivity index (χ3v) is 5.60. The number of rotatable bonds is 4. The molecular formula is C19H18N2O2S. The molecule has 122 valence electrons. The maximum absolute atomic E-state index is 12.8. The quantitative estimate of drug-likeness (QED) is 0.751. The van der Waals surface area contributed by atoms with E-state index in [-0.39, 0.29) is 5.91 Å². The summed E-state index contributed by atoms with van der Waals surface area (Å²) in [4.78, 5) is 13.8. The number of carbonyl (C=O) groups is 1. The molecular weight excluding hydrogens is 320 g/mol. The maximum Gasteiger partial charge on any atom is 0.236 e. The highest BCUT2D eigenvalue weighted by Crippen LogP contribution is 2.49. The van der Waals surface area contributed by atoms with Gasteiger partial charge in [0.15, 0.2) is 5.76 Å². The van der Waals surface area contributed by atoms with Gasteiger partial charge < -0.3 is 9.84 Å². The highest BCUT2D eigenvalue weighted by molar-refractivity contribution is 7.13. The number of aromatic nitrogens is 1. The van der Waals surface area contributed by atoms with Crippen molar-refractivity contribution in [1.82, 2.24) is 5.16 Å². The fourth-order valence-electron chi connectivity index (χ4n) is 2.83. The van der Waals surface area contributed by atoms with Crippen LogP contribution in [0.4, 0.5) is 5.69 Å². The van der Waals surface area contributed by atoms with E-state index in [1.165, 1.54) is 11.1 Å². The van der Waals surface area contributed by atoms with Gasteiger partial charge in [-0.05, 0) is 61.4 Å². The number of amides is 1. The largest absolute Gasteiger partial charge is 0.355 e. The first-order valence-corrected chi connectivity index (χ1v) is 8.86. The Morgan fingerprint density at radius 1 is 1.21 bits per heavy atom. The second-order valence-corrected chi connectivity index (χ2v) is 7.34. The molecule has 0 radical (unpaired) electrons. The summed E-state index contributed by atoms with van der Waals surface area (Å²) in [6.07, 6.45) is 1.61. The molecule has 5 heteroatoms. The summed E-state index contributed by atoms with van der Waals surface area (Å²) in [6, 6.07) is 11.8. The molecule has 4 rings (SSSR count). The third-order valence-electron chi connectivity index (χ3n) is 4.71. The summed E-state index contributed by atoms with van der Waals surface area (Å²) in [5.41, 5.74) is 3.39. The lowest BCUT2D eigenvalue weighted by Crippen LogP contribution is -2.28. The number of nitrogens with one attached hydrogen (secondary N) is 1. The van der Waals surface area contributed by atoms with Crippen LogP contribution in [0.15, 0.2) is 46.3 Å². The van der Waals surface area contributed by atoms with Crippen LogP contribution in [-0.4, -0.2) is 11.1 Å². The van der Waals surface area contributed by atoms with Gasteiger partial charge in [0, 0.05) is 11.8 Å². The maximum atomic E-state index is 12.8. The van der Waals surface area contributed by atoms with Crippen LogP contribution in [0.25, 0.3) is 10.6 Å². The number of carbonyl (C=O) groups excluding carboxylic acids is 1. The molecule has 0 bridgehead atoms. The summed E-state index contributed by atoms with van der Waals surface area (Å²) < 4.78 is 5.45. The summed E-state index contributed by atoms with van der Waals surface area (Å²) in [7, 11) is 0. The van der Waals surface area contributed by atoms with E-state index in [0.29, 0.717) is 0 Å². The predicted molar refractivity (Wildman–Crippen MR) is 95.3 cm³/mol. The summed E-state index contributed by atoms with van der Waals surface area (Å²) in [6.45, 7) is 4.10. The molecule has 1 aliphatic carbocycles. The van der Waals surface area contributed by atoms with Gasteiger partial charge in [-0.15, -0.1) is 11.3 Å². The number of benzene rings is 1. The fourth-order valence-corrected chi connectivity index (χ4v) is 3.50. The predicted octanol–water partition coefficient (Wildman–Crippen LogP) is 4.69. The van der Waals surface area contributed by atoms with Crippen LogP contribution in [0.2, 0.25) is 0 Å². The SMILES string of the molecule is Cc1ccc(NC(=O)C2(c3cc(-c4cccs4)on3)CC2)cc1C. The van der Waals surface area contributed by atoms with E-state index in [9.17, 15) is 4.79 Å². The Labute approximate surface area is 144 Å². The lowest BCUT2D eigenvalue weighted by molar-refractivity contribution is -0.118. The Morgan fingerprint density at radius 3 is 2.71 bits per heavy atom. The van der Waals surface area contributed by atoms with Crippen molar-refractivity contribution in [3.8, 4) is 10.6 Å². The Bertz CT molecular complexity index is 892. The van der Waals surface area contributed by atoms with E-state index >= 15 is 0 Å². The van der Waals surface area contributed by atoms with Gasteiger partial charge >= 0.3 is 0 Å². The molecule has 0 atom stereocenters. The zero-order chi connectivity index (χ0) is 16.7. The summed E-state index contributed by atoms with van der Waals surface area (Å²) >= 11 is 1.60. The molecule has 1 aliphatic rings. The molecule has 1 saturated carbocycles. The smallest absolute Gasteiger partial charge is 0.236 e. The molecule has 1 aromatic carbocycles. The van der Waals surface area contributed by atoms with Crippen molar-refractivity contribution in [2.75, 3.05) is 5.32 Å². The van der Waals surface area contributed by atoms with E-state index in [0.717, 1.165) is 34.9 Å². The lowest BCUT2D eigenvalue weighted by atomic mass is 10.0. The van der Waals surface area contributed by atoms with Crippen molar-refractivity contribution >= 4 is 22.9 Å². The van der Waals surface area contributed by atoms with Crippen LogP contribution in [0, 0.1) is 13.8 Å². The molecule has 4 nitrogen and oxygen atoms in total. The first-order chi connectivity index (χ1) is 11.6. The van der Waals surface area contributed by atoms with Crippen LogP contribution in [0.5, 0.6) is 0 Å². The second-order valence-electron chi connectivity index (χ2n) is 6.39. The Kier molecular flexibility index (Phi) is 3.53. The van der Waals surface area contributed by atoms with Gasteiger partial charge in [0.1, 0.15) is 0 Å². The van der Waals surface area contributed by atoms with Crippen molar-refractivity contribution < 1.29 is 9.32 Å². The standard InChI is InChI=1S/C19H18N2O2S/c1-12-5-6-14(10-13(12)2)20-18(22)19(7-8-19)17-11-15(23-21-17)16-4-3-9-24-16/h3-6,9-11H,7-8H2,1-2H3,(H,20,22). The van der Waals surface area contributed by atoms with Gasteiger partial charge in [0.25, 0.3) is 0 Å². The molecule has 1 N–H and O–H groups in total. The van der Waals surface area contributed by atoms with Crippen LogP contribution in [0.3, 0.4) is 0 Å². The average molecular weight is 338 g/mol. The molecule has 3 aromatic rings. The van der Waals surface area contributed by atoms with E-state index in [1.54, 1.807) is 11.3 Å². The normalized spacial score (nSPS) is 15.2. The van der Waals surface area contributed by atoms with Gasteiger partial charge in [-0.25, -0.2) is 0 Å². The molecule has 1 fully saturated rings. The topological polar surface area (TPSA) is 55.1 Å². The van der Waals surface area contributed by atoms with Gasteiger partial charge in [0.05, 0.1) is 16.0 Å². The first-order valence-electron chi connectivity index (χ1n) is 7.98. The molecule has 0 spiro atoms. The Hall–Kier alpha value is -2.40. The van der Waals surface area contributed by atoms with E-state index in [4.69, 9.17) is 4.52 Å². The Morgan fingerprint density at radius 2 is 2.04 bits per heavy atom. The van der Waals surface area contributed by atoms with E-state index in [2.05, 4.69) is 17.4 Å². The number of thiophene rings is 1. The van der Waals surface area contributed by atoms with Crippen molar-refractivity contribution in [1.29, 1.82) is 0 Å². The highest BCUT2D eigenvalue weighted by Gasteiger charge is 2.53. The molecule has 0 aliphatic heterocycles. The van der Waals surface area contributed by atoms with Crippen molar-refractivity contribution in [2.24, 2.45) is 0 Å². The molecule has 24 heavy (non-hydrogen) atoms. The minimum atomic E-state index is -0.544. The molecule has 2 aromatic heterocycles. The number of nitrogens with zero attached hydrogens (tertiary/aromatic N) is 1. The van der Waals surface area contributed by atoms with Crippen molar-refractivity contribution in [2.45, 2.75) is 32.1 Å². The minimum absolute atomic E-state index is 0.00298. The first kappa shape index (κ1) is 15.1. The zero-order valence-corrected chi connectivity index (χ0v) is 14.4. The van der Waals surface area contributed by atoms with Crippen molar-refractivity contribution in [3.63, 3.8) is 0 Å². The number of anilines is 1. The molecule has 2 heterocycles.